The zero-order valence-electron chi connectivity index (χ0n) is 18.8. The number of benzene rings is 2. The fourth-order valence-corrected chi connectivity index (χ4v) is 3.91. The summed E-state index contributed by atoms with van der Waals surface area (Å²) in [6.07, 6.45) is -5.78. The van der Waals surface area contributed by atoms with Gasteiger partial charge in [-0.25, -0.2) is 4.99 Å². The Morgan fingerprint density at radius 2 is 1.88 bits per heavy atom. The number of aryl methyl sites for hydroxylation is 1. The topological polar surface area (TPSA) is 92.4 Å². The molecule has 1 atom stereocenters. The minimum absolute atomic E-state index is 0.00973. The summed E-state index contributed by atoms with van der Waals surface area (Å²) >= 11 is 1.29. The average molecular weight is 492 g/mol. The van der Waals surface area contributed by atoms with Crippen molar-refractivity contribution in [1.82, 2.24) is 20.2 Å². The van der Waals surface area contributed by atoms with Crippen LogP contribution < -0.4 is 10.0 Å². The van der Waals surface area contributed by atoms with Crippen LogP contribution in [0.5, 0.6) is 0 Å². The molecule has 0 bridgehead atoms. The summed E-state index contributed by atoms with van der Waals surface area (Å²) in [5, 5.41) is 10.0. The highest BCUT2D eigenvalue weighted by Gasteiger charge is 2.32. The number of aliphatic imine (C=N–C) groups is 1. The number of alkyl halides is 3. The first-order chi connectivity index (χ1) is 16.3. The van der Waals surface area contributed by atoms with Crippen LogP contribution in [0.25, 0.3) is 0 Å². The van der Waals surface area contributed by atoms with E-state index in [4.69, 9.17) is 4.42 Å². The van der Waals surface area contributed by atoms with Crippen molar-refractivity contribution in [1.29, 1.82) is 0 Å². The highest BCUT2D eigenvalue weighted by Crippen LogP contribution is 2.32. The Kier molecular flexibility index (Phi) is 8.32. The van der Waals surface area contributed by atoms with Gasteiger partial charge in [-0.05, 0) is 42.1 Å². The number of hydrogen-bond donors (Lipinski definition) is 2. The molecule has 0 radical (unpaired) electrons. The summed E-state index contributed by atoms with van der Waals surface area (Å²) in [4.78, 5) is 18.0. The van der Waals surface area contributed by atoms with E-state index < -0.39 is 30.3 Å². The summed E-state index contributed by atoms with van der Waals surface area (Å²) in [6.45, 7) is 6.00. The van der Waals surface area contributed by atoms with Crippen molar-refractivity contribution in [2.24, 2.45) is 4.99 Å². The number of amidine groups is 1. The molecule has 1 amide bonds. The molecule has 1 aliphatic rings. The second-order valence-electron chi connectivity index (χ2n) is 7.14. The van der Waals surface area contributed by atoms with E-state index in [1.165, 1.54) is 11.9 Å². The molecular weight excluding hydrogens is 467 g/mol. The van der Waals surface area contributed by atoms with Crippen molar-refractivity contribution < 1.29 is 22.4 Å². The third-order valence-corrected chi connectivity index (χ3v) is 5.46. The van der Waals surface area contributed by atoms with Gasteiger partial charge in [0.15, 0.2) is 0 Å². The largest absolute Gasteiger partial charge is 0.424 e. The zero-order chi connectivity index (χ0) is 24.7. The number of aromatic nitrogens is 2. The summed E-state index contributed by atoms with van der Waals surface area (Å²) in [7, 11) is 0. The molecule has 4 rings (SSSR count). The van der Waals surface area contributed by atoms with Crippen molar-refractivity contribution in [2.45, 2.75) is 44.2 Å². The summed E-state index contributed by atoms with van der Waals surface area (Å²) in [5.41, 5.74) is 2.47. The number of halogens is 3. The van der Waals surface area contributed by atoms with Crippen molar-refractivity contribution in [3.05, 3.63) is 71.4 Å². The van der Waals surface area contributed by atoms with Crippen molar-refractivity contribution >= 4 is 29.4 Å². The third-order valence-electron chi connectivity index (χ3n) is 4.62. The summed E-state index contributed by atoms with van der Waals surface area (Å²) in [5.74, 6) is -1.49. The number of hydrogen-bond acceptors (Lipinski definition) is 7. The van der Waals surface area contributed by atoms with Crippen LogP contribution in [-0.4, -0.2) is 34.7 Å². The molecule has 0 fully saturated rings. The second kappa shape index (κ2) is 11.2. The average Bonchev–Trinajstić information content (AvgIpc) is 3.27. The quantitative estimate of drug-likeness (QED) is 0.466. The number of nitrogens with zero attached hydrogens (tertiary/aromatic N) is 3. The van der Waals surface area contributed by atoms with Crippen LogP contribution in [0.3, 0.4) is 0 Å². The van der Waals surface area contributed by atoms with Gasteiger partial charge in [0.2, 0.25) is 17.6 Å². The fourth-order valence-electron chi connectivity index (χ4n) is 3.10. The lowest BCUT2D eigenvalue weighted by molar-refractivity contribution is -0.131. The first-order valence-corrected chi connectivity index (χ1v) is 11.4. The van der Waals surface area contributed by atoms with Gasteiger partial charge in [0, 0.05) is 6.54 Å². The van der Waals surface area contributed by atoms with Gasteiger partial charge in [0.05, 0.1) is 16.5 Å². The van der Waals surface area contributed by atoms with Crippen molar-refractivity contribution in [2.75, 3.05) is 6.54 Å². The van der Waals surface area contributed by atoms with Crippen LogP contribution in [0.4, 0.5) is 18.9 Å². The highest BCUT2D eigenvalue weighted by molar-refractivity contribution is 7.98. The van der Waals surface area contributed by atoms with Gasteiger partial charge in [0.25, 0.3) is 5.91 Å². The van der Waals surface area contributed by atoms with E-state index in [1.807, 2.05) is 39.0 Å². The first-order valence-electron chi connectivity index (χ1n) is 10.6. The maximum Gasteiger partial charge on any atom is 0.397 e. The molecule has 7 nitrogen and oxygen atoms in total. The normalized spacial score (nSPS) is 13.5. The highest BCUT2D eigenvalue weighted by atomic mass is 32.2. The molecule has 1 aromatic heterocycles. The van der Waals surface area contributed by atoms with E-state index in [-0.39, 0.29) is 18.3 Å². The molecular formula is C23H24F3N5O2S. The number of carbonyl (C=O) groups is 1. The Bertz CT molecular complexity index is 1150. The molecule has 0 aliphatic carbocycles. The molecule has 0 saturated heterocycles. The third kappa shape index (κ3) is 6.60. The number of nitrogens with one attached hydrogen (secondary N) is 2. The predicted octanol–water partition coefficient (Wildman–Crippen LogP) is 5.10. The van der Waals surface area contributed by atoms with Gasteiger partial charge in [-0.3, -0.25) is 4.79 Å². The molecule has 1 unspecified atom stereocenters. The smallest absolute Gasteiger partial charge is 0.397 e. The molecule has 180 valence electrons. The van der Waals surface area contributed by atoms with Crippen LogP contribution in [0.2, 0.25) is 0 Å². The van der Waals surface area contributed by atoms with Gasteiger partial charge in [0.1, 0.15) is 6.42 Å². The monoisotopic (exact) mass is 491 g/mol. The van der Waals surface area contributed by atoms with Gasteiger partial charge in [-0.15, -0.1) is 10.2 Å². The predicted molar refractivity (Wildman–Crippen MR) is 124 cm³/mol. The Morgan fingerprint density at radius 1 is 1.15 bits per heavy atom. The van der Waals surface area contributed by atoms with E-state index in [2.05, 4.69) is 25.2 Å². The molecule has 34 heavy (non-hydrogen) atoms. The van der Waals surface area contributed by atoms with Gasteiger partial charge in [-0.1, -0.05) is 50.2 Å². The van der Waals surface area contributed by atoms with E-state index in [9.17, 15) is 18.0 Å². The van der Waals surface area contributed by atoms with E-state index >= 15 is 0 Å². The van der Waals surface area contributed by atoms with Crippen LogP contribution >= 0.6 is 11.9 Å². The zero-order valence-corrected chi connectivity index (χ0v) is 19.6. The number of rotatable bonds is 6. The number of amides is 1. The van der Waals surface area contributed by atoms with E-state index in [0.29, 0.717) is 11.3 Å². The van der Waals surface area contributed by atoms with E-state index in [0.717, 1.165) is 10.5 Å². The molecule has 1 aliphatic heterocycles. The summed E-state index contributed by atoms with van der Waals surface area (Å²) in [6, 6.07) is 14.6. The standard InChI is InChI=1S/C21H18F3N5O2S.C2H6/c1-12-7-8-15-16(9-12)32-29-18(26-15)19(30)25-11-14(13-5-3-2-4-6-13)20-28-27-17(31-20)10-21(22,23)24;1-2/h2-9,14H,10-11H2,1H3,(H,25,30)(H,26,29);1-2H3. The lowest BCUT2D eigenvalue weighted by Gasteiger charge is -2.18. The fraction of sp³-hybridized carbons (Fsp3) is 0.304. The molecule has 3 aromatic rings. The molecule has 2 N–H and O–H groups in total. The van der Waals surface area contributed by atoms with Crippen molar-refractivity contribution in [3.8, 4) is 0 Å². The first kappa shape index (κ1) is 25.3. The lowest BCUT2D eigenvalue weighted by atomic mass is 9.99. The molecule has 0 saturated carbocycles. The SMILES string of the molecule is CC.Cc1ccc2c(c1)SNC(C(=O)NCC(c1ccccc1)c1nnc(CC(F)(F)F)o1)=N2. The molecule has 2 heterocycles. The lowest BCUT2D eigenvalue weighted by Crippen LogP contribution is -2.40. The molecule has 2 aromatic carbocycles. The maximum absolute atomic E-state index is 12.7. The number of fused-ring (bicyclic) bond motifs is 1. The van der Waals surface area contributed by atoms with Crippen LogP contribution in [0.15, 0.2) is 62.8 Å². The summed E-state index contributed by atoms with van der Waals surface area (Å²) < 4.78 is 46.1. The Balaban J connectivity index is 0.00000158. The van der Waals surface area contributed by atoms with Crippen molar-refractivity contribution in [3.63, 3.8) is 0 Å². The molecule has 0 spiro atoms. The van der Waals surface area contributed by atoms with E-state index in [1.54, 1.807) is 30.3 Å². The van der Waals surface area contributed by atoms with Gasteiger partial charge in [-0.2, -0.15) is 13.2 Å². The van der Waals surface area contributed by atoms with Crippen LogP contribution in [0, 0.1) is 6.92 Å². The van der Waals surface area contributed by atoms with Gasteiger partial charge >= 0.3 is 6.18 Å². The van der Waals surface area contributed by atoms with Gasteiger partial charge < -0.3 is 14.5 Å². The second-order valence-corrected chi connectivity index (χ2v) is 7.98. The number of carbonyl (C=O) groups excluding carboxylic acids is 1. The minimum atomic E-state index is -4.46. The van der Waals surface area contributed by atoms with Crippen LogP contribution in [-0.2, 0) is 11.2 Å². The Labute approximate surface area is 199 Å². The van der Waals surface area contributed by atoms with Crippen LogP contribution in [0.1, 0.15) is 42.7 Å². The Hall–Kier alpha value is -3.34. The Morgan fingerprint density at radius 3 is 2.59 bits per heavy atom. The molecule has 11 heteroatoms. The maximum atomic E-state index is 12.7. The minimum Gasteiger partial charge on any atom is -0.424 e.